The zero-order chi connectivity index (χ0) is 19.6. The lowest BCUT2D eigenvalue weighted by atomic mass is 9.88. The predicted molar refractivity (Wildman–Crippen MR) is 103 cm³/mol. The fraction of sp³-hybridized carbons (Fsp3) is 0.700. The second kappa shape index (κ2) is 7.73. The average Bonchev–Trinajstić information content (AvgIpc) is 2.46. The fourth-order valence-electron chi connectivity index (χ4n) is 3.26. The van der Waals surface area contributed by atoms with E-state index in [0.717, 1.165) is 23.5 Å². The van der Waals surface area contributed by atoms with Gasteiger partial charge in [-0.1, -0.05) is 27.7 Å². The number of carbonyl (C=O) groups is 1. The highest BCUT2D eigenvalue weighted by Gasteiger charge is 2.38. The van der Waals surface area contributed by atoms with Gasteiger partial charge in [-0.05, 0) is 40.2 Å². The summed E-state index contributed by atoms with van der Waals surface area (Å²) >= 11 is 0. The first-order valence-corrected chi connectivity index (χ1v) is 9.11. The molecule has 0 aliphatic rings. The highest BCUT2D eigenvalue weighted by atomic mass is 16.5. The third kappa shape index (κ3) is 4.51. The minimum Gasteiger partial charge on any atom is -0.462 e. The number of esters is 1. The third-order valence-electron chi connectivity index (χ3n) is 4.28. The van der Waals surface area contributed by atoms with Gasteiger partial charge in [-0.25, -0.2) is 9.36 Å². The second-order valence-electron chi connectivity index (χ2n) is 8.36. The van der Waals surface area contributed by atoms with Crippen LogP contribution in [0.3, 0.4) is 0 Å². The Morgan fingerprint density at radius 2 is 1.76 bits per heavy atom. The molecular weight excluding hydrogens is 314 g/mol. The number of nitrogens with zero attached hydrogens (tertiary/aromatic N) is 2. The van der Waals surface area contributed by atoms with Crippen molar-refractivity contribution < 1.29 is 14.1 Å². The molecule has 1 aromatic rings. The normalized spacial score (nSPS) is 12.2. The Balaban J connectivity index is 3.89. The molecule has 0 radical (unpaired) electrons. The number of hydrazine groups is 1. The molecule has 0 atom stereocenters. The summed E-state index contributed by atoms with van der Waals surface area (Å²) in [5.41, 5.74) is 5.80. The summed E-state index contributed by atoms with van der Waals surface area (Å²) in [6, 6.07) is 2.00. The lowest BCUT2D eigenvalue weighted by Crippen LogP contribution is -2.57. The van der Waals surface area contributed by atoms with Crippen molar-refractivity contribution in [2.45, 2.75) is 72.8 Å². The Hall–Kier alpha value is -1.62. The van der Waals surface area contributed by atoms with Gasteiger partial charge in [0.15, 0.2) is 0 Å². The van der Waals surface area contributed by atoms with Crippen molar-refractivity contribution >= 4 is 11.8 Å². The number of ether oxygens (including phenoxy) is 1. The number of hydrogen-bond acceptors (Lipinski definition) is 4. The Morgan fingerprint density at radius 3 is 2.12 bits per heavy atom. The van der Waals surface area contributed by atoms with Crippen LogP contribution in [-0.2, 0) is 23.6 Å². The van der Waals surface area contributed by atoms with Gasteiger partial charge in [-0.2, -0.15) is 10.4 Å². The fourth-order valence-corrected chi connectivity index (χ4v) is 3.26. The van der Waals surface area contributed by atoms with Crippen molar-refractivity contribution in [3.05, 3.63) is 22.9 Å². The topological polar surface area (TPSA) is 45.5 Å². The van der Waals surface area contributed by atoms with Crippen molar-refractivity contribution in [1.82, 2.24) is 5.43 Å². The van der Waals surface area contributed by atoms with E-state index in [4.69, 9.17) is 4.74 Å². The molecule has 0 aliphatic heterocycles. The van der Waals surface area contributed by atoms with Gasteiger partial charge in [0.1, 0.15) is 11.2 Å². The number of rotatable bonds is 5. The molecule has 5 nitrogen and oxygen atoms in total. The summed E-state index contributed by atoms with van der Waals surface area (Å²) in [4.78, 5) is 12.7. The van der Waals surface area contributed by atoms with Gasteiger partial charge in [-0.15, -0.1) is 0 Å². The molecule has 1 rings (SSSR count). The van der Waals surface area contributed by atoms with Crippen LogP contribution in [0.5, 0.6) is 0 Å². The molecule has 0 bridgehead atoms. The molecule has 142 valence electrons. The van der Waals surface area contributed by atoms with Crippen LogP contribution in [0.25, 0.3) is 0 Å². The maximum Gasteiger partial charge on any atom is 0.338 e. The highest BCUT2D eigenvalue weighted by molar-refractivity contribution is 5.92. The van der Waals surface area contributed by atoms with Crippen LogP contribution in [-0.4, -0.2) is 25.2 Å². The standard InChI is InChI=1S/C20H35N3O2/c1-11-14-15(18(24)25-12-2)13-16(19(3,4)5)22(10)17(14)23(21-9)20(6,7)8/h13H,11-12H2,1-10H3/p+1. The number of nitrogens with one attached hydrogen (secondary N) is 1. The number of pyridine rings is 1. The van der Waals surface area contributed by atoms with E-state index in [0.29, 0.717) is 12.2 Å². The monoisotopic (exact) mass is 350 g/mol. The van der Waals surface area contributed by atoms with Crippen molar-refractivity contribution in [2.24, 2.45) is 7.05 Å². The van der Waals surface area contributed by atoms with E-state index in [9.17, 15) is 4.79 Å². The maximum absolute atomic E-state index is 12.7. The summed E-state index contributed by atoms with van der Waals surface area (Å²) in [6.45, 7) is 17.2. The van der Waals surface area contributed by atoms with Crippen molar-refractivity contribution in [2.75, 3.05) is 18.7 Å². The first-order valence-electron chi connectivity index (χ1n) is 9.11. The van der Waals surface area contributed by atoms with Gasteiger partial charge >= 0.3 is 5.97 Å². The van der Waals surface area contributed by atoms with Crippen molar-refractivity contribution in [3.63, 3.8) is 0 Å². The van der Waals surface area contributed by atoms with Crippen LogP contribution in [0.4, 0.5) is 5.82 Å². The van der Waals surface area contributed by atoms with E-state index < -0.39 is 0 Å². The first-order chi connectivity index (χ1) is 11.4. The summed E-state index contributed by atoms with van der Waals surface area (Å²) in [5, 5.41) is 2.13. The minimum absolute atomic E-state index is 0.103. The lowest BCUT2D eigenvalue weighted by molar-refractivity contribution is -0.671. The predicted octanol–water partition coefficient (Wildman–Crippen LogP) is 3.29. The highest BCUT2D eigenvalue weighted by Crippen LogP contribution is 2.30. The summed E-state index contributed by atoms with van der Waals surface area (Å²) < 4.78 is 7.54. The Bertz CT molecular complexity index is 625. The van der Waals surface area contributed by atoms with E-state index in [2.05, 4.69) is 70.5 Å². The lowest BCUT2D eigenvalue weighted by Gasteiger charge is -2.33. The average molecular weight is 351 g/mol. The molecule has 1 heterocycles. The Labute approximate surface area is 153 Å². The van der Waals surface area contributed by atoms with Crippen LogP contribution in [0, 0.1) is 0 Å². The van der Waals surface area contributed by atoms with Gasteiger partial charge in [0.25, 0.3) is 5.82 Å². The van der Waals surface area contributed by atoms with Crippen LogP contribution in [0.15, 0.2) is 6.07 Å². The van der Waals surface area contributed by atoms with Gasteiger partial charge < -0.3 is 4.74 Å². The van der Waals surface area contributed by atoms with E-state index in [1.165, 1.54) is 0 Å². The Kier molecular flexibility index (Phi) is 6.62. The van der Waals surface area contributed by atoms with Gasteiger partial charge in [-0.3, -0.25) is 0 Å². The number of anilines is 1. The molecule has 0 amide bonds. The molecule has 0 fully saturated rings. The van der Waals surface area contributed by atoms with Crippen molar-refractivity contribution in [3.8, 4) is 0 Å². The zero-order valence-electron chi connectivity index (χ0n) is 17.7. The Morgan fingerprint density at radius 1 is 1.20 bits per heavy atom. The van der Waals surface area contributed by atoms with E-state index in [1.807, 2.05) is 20.0 Å². The molecule has 1 aromatic heterocycles. The molecule has 0 saturated carbocycles. The molecule has 0 aromatic carbocycles. The molecule has 0 aliphatic carbocycles. The summed E-state index contributed by atoms with van der Waals surface area (Å²) in [5.74, 6) is 0.754. The van der Waals surface area contributed by atoms with Crippen LogP contribution >= 0.6 is 0 Å². The summed E-state index contributed by atoms with van der Waals surface area (Å²) in [6.07, 6.45) is 0.746. The summed E-state index contributed by atoms with van der Waals surface area (Å²) in [7, 11) is 3.98. The molecule has 1 N–H and O–H groups in total. The molecule has 0 spiro atoms. The number of aromatic nitrogens is 1. The molecule has 0 saturated heterocycles. The van der Waals surface area contributed by atoms with Gasteiger partial charge in [0.2, 0.25) is 0 Å². The largest absolute Gasteiger partial charge is 0.462 e. The molecular formula is C20H36N3O2+. The SMILES string of the molecule is CCOC(=O)c1cc(C(C)(C)C)[n+](C)c(N(NC)C(C)(C)C)c1CC. The molecule has 0 unspecified atom stereocenters. The van der Waals surface area contributed by atoms with E-state index in [-0.39, 0.29) is 16.9 Å². The van der Waals surface area contributed by atoms with E-state index in [1.54, 1.807) is 0 Å². The second-order valence-corrected chi connectivity index (χ2v) is 8.36. The number of hydrogen-bond donors (Lipinski definition) is 1. The van der Waals surface area contributed by atoms with Crippen LogP contribution in [0.1, 0.15) is 77.0 Å². The van der Waals surface area contributed by atoms with Gasteiger partial charge in [0, 0.05) is 12.5 Å². The minimum atomic E-state index is -0.253. The smallest absolute Gasteiger partial charge is 0.338 e. The van der Waals surface area contributed by atoms with Crippen LogP contribution in [0.2, 0.25) is 0 Å². The quantitative estimate of drug-likeness (QED) is 0.503. The van der Waals surface area contributed by atoms with Crippen molar-refractivity contribution in [1.29, 1.82) is 0 Å². The third-order valence-corrected chi connectivity index (χ3v) is 4.28. The molecule has 25 heavy (non-hydrogen) atoms. The first kappa shape index (κ1) is 21.4. The maximum atomic E-state index is 12.7. The zero-order valence-corrected chi connectivity index (χ0v) is 17.7. The van der Waals surface area contributed by atoms with Crippen LogP contribution < -0.4 is 15.0 Å². The van der Waals surface area contributed by atoms with E-state index >= 15 is 0 Å². The molecule has 5 heteroatoms. The van der Waals surface area contributed by atoms with Gasteiger partial charge in [0.05, 0.1) is 24.8 Å². The number of carbonyl (C=O) groups excluding carboxylic acids is 1.